The van der Waals surface area contributed by atoms with Crippen LogP contribution in [0, 0.1) is 0 Å². The van der Waals surface area contributed by atoms with Crippen molar-refractivity contribution in [3.63, 3.8) is 0 Å². The molecule has 1 spiro atoms. The van der Waals surface area contributed by atoms with E-state index < -0.39 is 5.60 Å². The average molecular weight is 243 g/mol. The zero-order valence-corrected chi connectivity index (χ0v) is 10.7. The van der Waals surface area contributed by atoms with E-state index in [4.69, 9.17) is 4.74 Å². The van der Waals surface area contributed by atoms with Gasteiger partial charge in [0.25, 0.3) is 0 Å². The van der Waals surface area contributed by atoms with Crippen molar-refractivity contribution >= 4 is 23.6 Å². The zero-order chi connectivity index (χ0) is 12.0. The molecule has 0 atom stereocenters. The quantitative estimate of drug-likeness (QED) is 0.649. The van der Waals surface area contributed by atoms with Gasteiger partial charge in [-0.3, -0.25) is 4.79 Å². The summed E-state index contributed by atoms with van der Waals surface area (Å²) in [5.41, 5.74) is -0.466. The summed E-state index contributed by atoms with van der Waals surface area (Å²) < 4.78 is 4.95. The topological polar surface area (TPSA) is 46.6 Å². The summed E-state index contributed by atoms with van der Waals surface area (Å²) in [6.45, 7) is 6.57. The van der Waals surface area contributed by atoms with Crippen molar-refractivity contribution in [3.05, 3.63) is 0 Å². The molecule has 0 aliphatic carbocycles. The minimum Gasteiger partial charge on any atom is -0.444 e. The third-order valence-electron chi connectivity index (χ3n) is 2.76. The lowest BCUT2D eigenvalue weighted by molar-refractivity contribution is -0.123. The van der Waals surface area contributed by atoms with E-state index >= 15 is 0 Å². The van der Waals surface area contributed by atoms with Gasteiger partial charge in [0.2, 0.25) is 0 Å². The van der Waals surface area contributed by atoms with Gasteiger partial charge in [0, 0.05) is 25.3 Å². The third kappa shape index (κ3) is 2.05. The molecule has 5 heteroatoms. The van der Waals surface area contributed by atoms with E-state index in [1.54, 1.807) is 16.7 Å². The van der Waals surface area contributed by atoms with Crippen molar-refractivity contribution in [2.75, 3.05) is 18.8 Å². The fraction of sp³-hybridized carbons (Fsp3) is 0.818. The van der Waals surface area contributed by atoms with Gasteiger partial charge >= 0.3 is 6.09 Å². The zero-order valence-electron chi connectivity index (χ0n) is 9.91. The molecular formula is C11H17NO3S. The Hall–Kier alpha value is -0.710. The first-order chi connectivity index (χ1) is 7.32. The largest absolute Gasteiger partial charge is 0.444 e. The van der Waals surface area contributed by atoms with Gasteiger partial charge in [-0.05, 0) is 20.8 Å². The minimum atomic E-state index is -0.466. The number of rotatable bonds is 0. The number of Topliss-reactive ketones (excluding diaryl/α,β-unsaturated/α-hetero) is 1. The molecule has 0 aromatic rings. The van der Waals surface area contributed by atoms with E-state index in [1.165, 1.54) is 0 Å². The Morgan fingerprint density at radius 1 is 1.44 bits per heavy atom. The smallest absolute Gasteiger partial charge is 0.410 e. The summed E-state index contributed by atoms with van der Waals surface area (Å²) >= 11 is 1.68. The molecule has 16 heavy (non-hydrogen) atoms. The summed E-state index contributed by atoms with van der Waals surface area (Å²) in [5, 5.41) is 0. The maximum atomic E-state index is 11.7. The molecule has 2 aliphatic heterocycles. The van der Waals surface area contributed by atoms with Crippen LogP contribution in [0.25, 0.3) is 0 Å². The number of likely N-dealkylation sites (tertiary alicyclic amines) is 1. The third-order valence-corrected chi connectivity index (χ3v) is 4.21. The van der Waals surface area contributed by atoms with Crippen LogP contribution in [0.2, 0.25) is 0 Å². The lowest BCUT2D eigenvalue weighted by Gasteiger charge is -2.45. The normalized spacial score (nSPS) is 23.4. The van der Waals surface area contributed by atoms with Crippen LogP contribution in [0.5, 0.6) is 0 Å². The molecule has 0 radical (unpaired) electrons. The highest BCUT2D eigenvalue weighted by Gasteiger charge is 2.54. The SMILES string of the molecule is CC(C)(C)OC(=O)N1CC2(C1)SCCC2=O. The summed E-state index contributed by atoms with van der Waals surface area (Å²) in [4.78, 5) is 24.9. The fourth-order valence-corrected chi connectivity index (χ4v) is 3.38. The maximum Gasteiger partial charge on any atom is 0.410 e. The van der Waals surface area contributed by atoms with Crippen LogP contribution in [0.4, 0.5) is 4.79 Å². The van der Waals surface area contributed by atoms with Crippen LogP contribution in [0.3, 0.4) is 0 Å². The van der Waals surface area contributed by atoms with Gasteiger partial charge in [0.15, 0.2) is 5.78 Å². The number of carbonyl (C=O) groups is 2. The van der Waals surface area contributed by atoms with E-state index in [0.717, 1.165) is 5.75 Å². The first-order valence-corrected chi connectivity index (χ1v) is 6.46. The molecule has 0 N–H and O–H groups in total. The number of carbonyl (C=O) groups excluding carboxylic acids is 2. The molecule has 4 nitrogen and oxygen atoms in total. The van der Waals surface area contributed by atoms with Gasteiger partial charge in [0.05, 0.1) is 0 Å². The summed E-state index contributed by atoms with van der Waals surface area (Å²) in [5.74, 6) is 1.18. The van der Waals surface area contributed by atoms with Gasteiger partial charge in [0.1, 0.15) is 10.3 Å². The Morgan fingerprint density at radius 3 is 2.50 bits per heavy atom. The van der Waals surface area contributed by atoms with E-state index in [9.17, 15) is 9.59 Å². The number of hydrogen-bond donors (Lipinski definition) is 0. The molecule has 2 saturated heterocycles. The summed E-state index contributed by atoms with van der Waals surface area (Å²) in [7, 11) is 0. The van der Waals surface area contributed by atoms with Crippen molar-refractivity contribution in [1.82, 2.24) is 4.90 Å². The molecule has 0 aromatic carbocycles. The molecule has 0 bridgehead atoms. The highest BCUT2D eigenvalue weighted by molar-refractivity contribution is 8.02. The van der Waals surface area contributed by atoms with E-state index in [2.05, 4.69) is 0 Å². The summed E-state index contributed by atoms with van der Waals surface area (Å²) in [6.07, 6.45) is 0.339. The predicted molar refractivity (Wildman–Crippen MR) is 62.6 cm³/mol. The van der Waals surface area contributed by atoms with Crippen molar-refractivity contribution in [3.8, 4) is 0 Å². The molecule has 90 valence electrons. The second kappa shape index (κ2) is 3.65. The molecular weight excluding hydrogens is 226 g/mol. The van der Waals surface area contributed by atoms with E-state index in [0.29, 0.717) is 19.5 Å². The summed E-state index contributed by atoms with van der Waals surface area (Å²) in [6, 6.07) is 0. The van der Waals surface area contributed by atoms with Crippen molar-refractivity contribution in [1.29, 1.82) is 0 Å². The highest BCUT2D eigenvalue weighted by Crippen LogP contribution is 2.42. The van der Waals surface area contributed by atoms with Crippen LogP contribution < -0.4 is 0 Å². The molecule has 2 fully saturated rings. The first-order valence-electron chi connectivity index (χ1n) is 5.48. The molecule has 0 saturated carbocycles. The minimum absolute atomic E-state index is 0.289. The van der Waals surface area contributed by atoms with Gasteiger partial charge in [-0.2, -0.15) is 0 Å². The van der Waals surface area contributed by atoms with Crippen LogP contribution in [-0.4, -0.2) is 46.0 Å². The Kier molecular flexibility index (Phi) is 2.69. The van der Waals surface area contributed by atoms with Crippen LogP contribution >= 0.6 is 11.8 Å². The lowest BCUT2D eigenvalue weighted by atomic mass is 9.93. The van der Waals surface area contributed by atoms with Crippen LogP contribution in [0.15, 0.2) is 0 Å². The van der Waals surface area contributed by atoms with Gasteiger partial charge in [-0.15, -0.1) is 11.8 Å². The van der Waals surface area contributed by atoms with Gasteiger partial charge < -0.3 is 9.64 Å². The van der Waals surface area contributed by atoms with Crippen molar-refractivity contribution in [2.24, 2.45) is 0 Å². The van der Waals surface area contributed by atoms with Crippen molar-refractivity contribution in [2.45, 2.75) is 37.5 Å². The molecule has 0 aromatic heterocycles. The average Bonchev–Trinajstić information content (AvgIpc) is 2.40. The fourth-order valence-electron chi connectivity index (χ4n) is 1.94. The van der Waals surface area contributed by atoms with Gasteiger partial charge in [-0.1, -0.05) is 0 Å². The molecule has 2 aliphatic rings. The number of nitrogens with zero attached hydrogens (tertiary/aromatic N) is 1. The first kappa shape index (κ1) is 11.8. The number of ketones is 1. The van der Waals surface area contributed by atoms with E-state index in [1.807, 2.05) is 20.8 Å². The monoisotopic (exact) mass is 243 g/mol. The second-order valence-corrected chi connectivity index (χ2v) is 6.83. The molecule has 0 unspecified atom stereocenters. The number of thioether (sulfide) groups is 1. The Balaban J connectivity index is 1.88. The Morgan fingerprint density at radius 2 is 2.06 bits per heavy atom. The van der Waals surface area contributed by atoms with Crippen LogP contribution in [-0.2, 0) is 9.53 Å². The number of amides is 1. The second-order valence-electron chi connectivity index (χ2n) is 5.35. The van der Waals surface area contributed by atoms with E-state index in [-0.39, 0.29) is 16.6 Å². The molecule has 1 amide bonds. The predicted octanol–water partition coefficient (Wildman–Crippen LogP) is 1.68. The highest BCUT2D eigenvalue weighted by atomic mass is 32.2. The Labute approximate surface area is 99.7 Å². The van der Waals surface area contributed by atoms with Crippen LogP contribution in [0.1, 0.15) is 27.2 Å². The van der Waals surface area contributed by atoms with Gasteiger partial charge in [-0.25, -0.2) is 4.79 Å². The molecule has 2 rings (SSSR count). The Bertz CT molecular complexity index is 329. The maximum absolute atomic E-state index is 11.7. The molecule has 2 heterocycles. The lowest BCUT2D eigenvalue weighted by Crippen LogP contribution is -2.64. The number of ether oxygens (including phenoxy) is 1. The standard InChI is InChI=1S/C11H17NO3S/c1-10(2,3)15-9(14)12-6-11(7-12)8(13)4-5-16-11/h4-7H2,1-3H3. The number of hydrogen-bond acceptors (Lipinski definition) is 4. The van der Waals surface area contributed by atoms with Crippen molar-refractivity contribution < 1.29 is 14.3 Å².